The smallest absolute Gasteiger partial charge is 0.213 e. The molecule has 0 spiro atoms. The Hall–Kier alpha value is -1.88. The molecule has 1 aliphatic rings. The van der Waals surface area contributed by atoms with Crippen molar-refractivity contribution in [3.05, 3.63) is 30.5 Å². The molecule has 2 heterocycles. The first-order valence-electron chi connectivity index (χ1n) is 6.38. The van der Waals surface area contributed by atoms with Gasteiger partial charge in [0.05, 0.1) is 4.88 Å². The first-order chi connectivity index (χ1) is 9.36. The second-order valence-corrected chi connectivity index (χ2v) is 5.57. The molecule has 5 heteroatoms. The SMILES string of the molecule is O=CNc1ncc(-c2cccc(N3CCCC3)c2)s1. The molecule has 1 aromatic heterocycles. The molecule has 19 heavy (non-hydrogen) atoms. The van der Waals surface area contributed by atoms with E-state index in [-0.39, 0.29) is 0 Å². The largest absolute Gasteiger partial charge is 0.372 e. The predicted octanol–water partition coefficient (Wildman–Crippen LogP) is 2.98. The molecule has 0 saturated carbocycles. The molecule has 0 atom stereocenters. The van der Waals surface area contributed by atoms with E-state index in [0.29, 0.717) is 11.5 Å². The number of rotatable bonds is 4. The van der Waals surface area contributed by atoms with E-state index in [4.69, 9.17) is 0 Å². The first kappa shape index (κ1) is 12.2. The van der Waals surface area contributed by atoms with Crippen molar-refractivity contribution in [3.8, 4) is 10.4 Å². The van der Waals surface area contributed by atoms with Gasteiger partial charge in [-0.3, -0.25) is 4.79 Å². The quantitative estimate of drug-likeness (QED) is 0.871. The fraction of sp³-hybridized carbons (Fsp3) is 0.286. The number of hydrogen-bond donors (Lipinski definition) is 1. The summed E-state index contributed by atoms with van der Waals surface area (Å²) in [4.78, 5) is 18.1. The Labute approximate surface area is 116 Å². The lowest BCUT2D eigenvalue weighted by atomic mass is 10.1. The van der Waals surface area contributed by atoms with Crippen LogP contribution in [0.5, 0.6) is 0 Å². The van der Waals surface area contributed by atoms with Crippen molar-refractivity contribution in [2.45, 2.75) is 12.8 Å². The third kappa shape index (κ3) is 2.61. The monoisotopic (exact) mass is 273 g/mol. The summed E-state index contributed by atoms with van der Waals surface area (Å²) in [7, 11) is 0. The Morgan fingerprint density at radius 3 is 2.95 bits per heavy atom. The maximum absolute atomic E-state index is 10.4. The van der Waals surface area contributed by atoms with Gasteiger partial charge in [-0.1, -0.05) is 23.5 Å². The van der Waals surface area contributed by atoms with Crippen LogP contribution in [0.3, 0.4) is 0 Å². The van der Waals surface area contributed by atoms with E-state index in [1.54, 1.807) is 6.20 Å². The molecular weight excluding hydrogens is 258 g/mol. The van der Waals surface area contributed by atoms with Crippen LogP contribution >= 0.6 is 11.3 Å². The van der Waals surface area contributed by atoms with Crippen molar-refractivity contribution in [2.75, 3.05) is 23.3 Å². The number of carbonyl (C=O) groups is 1. The van der Waals surface area contributed by atoms with Gasteiger partial charge in [-0.15, -0.1) is 0 Å². The number of benzene rings is 1. The first-order valence-corrected chi connectivity index (χ1v) is 7.20. The minimum Gasteiger partial charge on any atom is -0.372 e. The summed E-state index contributed by atoms with van der Waals surface area (Å²) in [5, 5.41) is 3.22. The van der Waals surface area contributed by atoms with Crippen LogP contribution in [0.2, 0.25) is 0 Å². The number of nitrogens with one attached hydrogen (secondary N) is 1. The van der Waals surface area contributed by atoms with E-state index in [1.165, 1.54) is 29.9 Å². The molecule has 2 aromatic rings. The summed E-state index contributed by atoms with van der Waals surface area (Å²) in [6.07, 6.45) is 5.01. The van der Waals surface area contributed by atoms with Gasteiger partial charge in [0.1, 0.15) is 0 Å². The molecule has 1 amide bonds. The molecule has 0 bridgehead atoms. The second-order valence-electron chi connectivity index (χ2n) is 4.54. The van der Waals surface area contributed by atoms with Crippen LogP contribution in [0.25, 0.3) is 10.4 Å². The highest BCUT2D eigenvalue weighted by molar-refractivity contribution is 7.19. The summed E-state index contributed by atoms with van der Waals surface area (Å²) < 4.78 is 0. The average molecular weight is 273 g/mol. The molecule has 98 valence electrons. The van der Waals surface area contributed by atoms with Crippen molar-refractivity contribution in [1.82, 2.24) is 4.98 Å². The predicted molar refractivity (Wildman–Crippen MR) is 78.7 cm³/mol. The highest BCUT2D eigenvalue weighted by Crippen LogP contribution is 2.31. The number of thiazole rings is 1. The molecule has 1 aromatic carbocycles. The fourth-order valence-corrected chi connectivity index (χ4v) is 3.13. The number of carbonyl (C=O) groups excluding carboxylic acids is 1. The normalized spacial score (nSPS) is 14.6. The van der Waals surface area contributed by atoms with Gasteiger partial charge in [0, 0.05) is 25.0 Å². The van der Waals surface area contributed by atoms with Crippen LogP contribution in [0.15, 0.2) is 30.5 Å². The van der Waals surface area contributed by atoms with Crippen LogP contribution in [0.1, 0.15) is 12.8 Å². The topological polar surface area (TPSA) is 45.2 Å². The minimum atomic E-state index is 0.636. The van der Waals surface area contributed by atoms with Crippen molar-refractivity contribution in [2.24, 2.45) is 0 Å². The molecule has 1 N–H and O–H groups in total. The van der Waals surface area contributed by atoms with Gasteiger partial charge in [-0.2, -0.15) is 0 Å². The van der Waals surface area contributed by atoms with Gasteiger partial charge < -0.3 is 10.2 Å². The van der Waals surface area contributed by atoms with E-state index >= 15 is 0 Å². The molecule has 4 nitrogen and oxygen atoms in total. The standard InChI is InChI=1S/C14H15N3OS/c18-10-16-14-15-9-13(19-14)11-4-3-5-12(8-11)17-6-1-2-7-17/h3-5,8-10H,1-2,6-7H2,(H,15,16,18). The van der Waals surface area contributed by atoms with Crippen LogP contribution in [0, 0.1) is 0 Å². The Balaban J connectivity index is 1.86. The van der Waals surface area contributed by atoms with Crippen molar-refractivity contribution < 1.29 is 4.79 Å². The Kier molecular flexibility index (Phi) is 3.46. The molecule has 1 fully saturated rings. The van der Waals surface area contributed by atoms with Gasteiger partial charge >= 0.3 is 0 Å². The Morgan fingerprint density at radius 1 is 1.32 bits per heavy atom. The van der Waals surface area contributed by atoms with Gasteiger partial charge in [0.15, 0.2) is 5.13 Å². The van der Waals surface area contributed by atoms with Crippen LogP contribution in [-0.4, -0.2) is 24.5 Å². The fourth-order valence-electron chi connectivity index (χ4n) is 2.36. The molecule has 3 rings (SSSR count). The zero-order valence-electron chi connectivity index (χ0n) is 10.5. The molecule has 0 aliphatic carbocycles. The lowest BCUT2D eigenvalue weighted by molar-refractivity contribution is -0.105. The lowest BCUT2D eigenvalue weighted by Crippen LogP contribution is -2.17. The minimum absolute atomic E-state index is 0.636. The van der Waals surface area contributed by atoms with E-state index in [0.717, 1.165) is 23.5 Å². The van der Waals surface area contributed by atoms with Crippen molar-refractivity contribution in [3.63, 3.8) is 0 Å². The third-order valence-corrected chi connectivity index (χ3v) is 4.27. The van der Waals surface area contributed by atoms with E-state index in [9.17, 15) is 4.79 Å². The van der Waals surface area contributed by atoms with Gasteiger partial charge in [0.2, 0.25) is 6.41 Å². The average Bonchev–Trinajstić information content (AvgIpc) is 3.11. The lowest BCUT2D eigenvalue weighted by Gasteiger charge is -2.18. The van der Waals surface area contributed by atoms with Crippen LogP contribution in [-0.2, 0) is 4.79 Å². The summed E-state index contributed by atoms with van der Waals surface area (Å²) in [6.45, 7) is 2.29. The van der Waals surface area contributed by atoms with Crippen molar-refractivity contribution >= 4 is 28.6 Å². The molecule has 0 unspecified atom stereocenters. The summed E-state index contributed by atoms with van der Waals surface area (Å²) in [5.74, 6) is 0. The van der Waals surface area contributed by atoms with Crippen LogP contribution in [0.4, 0.5) is 10.8 Å². The van der Waals surface area contributed by atoms with E-state index < -0.39 is 0 Å². The Morgan fingerprint density at radius 2 is 2.16 bits per heavy atom. The number of aromatic nitrogens is 1. The maximum Gasteiger partial charge on any atom is 0.213 e. The number of hydrogen-bond acceptors (Lipinski definition) is 4. The number of nitrogens with zero attached hydrogens (tertiary/aromatic N) is 2. The third-order valence-electron chi connectivity index (χ3n) is 3.29. The zero-order valence-corrected chi connectivity index (χ0v) is 11.3. The molecule has 0 radical (unpaired) electrons. The van der Waals surface area contributed by atoms with Gasteiger partial charge in [0.25, 0.3) is 0 Å². The maximum atomic E-state index is 10.4. The highest BCUT2D eigenvalue weighted by atomic mass is 32.1. The van der Waals surface area contributed by atoms with Crippen LogP contribution < -0.4 is 10.2 Å². The number of amides is 1. The summed E-state index contributed by atoms with van der Waals surface area (Å²) >= 11 is 1.49. The van der Waals surface area contributed by atoms with Crippen molar-refractivity contribution in [1.29, 1.82) is 0 Å². The second kappa shape index (κ2) is 5.40. The molecule has 1 saturated heterocycles. The van der Waals surface area contributed by atoms with Gasteiger partial charge in [-0.25, -0.2) is 4.98 Å². The van der Waals surface area contributed by atoms with Gasteiger partial charge in [-0.05, 0) is 30.5 Å². The molecule has 1 aliphatic heterocycles. The highest BCUT2D eigenvalue weighted by Gasteiger charge is 2.13. The van der Waals surface area contributed by atoms with E-state index in [2.05, 4.69) is 39.5 Å². The van der Waals surface area contributed by atoms with E-state index in [1.807, 2.05) is 0 Å². The molecular formula is C14H15N3OS. The zero-order chi connectivity index (χ0) is 13.1. The summed E-state index contributed by atoms with van der Waals surface area (Å²) in [5.41, 5.74) is 2.43. The Bertz CT molecular complexity index is 576. The summed E-state index contributed by atoms with van der Waals surface area (Å²) in [6, 6.07) is 8.51. The number of anilines is 2.